The summed E-state index contributed by atoms with van der Waals surface area (Å²) in [6.45, 7) is 5.75. The molecular weight excluding hydrogens is 402 g/mol. The SMILES string of the molecule is Cc1ccc(C(=O)C(=NO)c2ccc(C)cc2)cc1.Cc1ccc(S(=O)(=O)O)cc1. The lowest BCUT2D eigenvalue weighted by Crippen LogP contribution is -2.16. The van der Waals surface area contributed by atoms with Crippen molar-refractivity contribution in [3.63, 3.8) is 0 Å². The number of oxime groups is 1. The molecule has 0 radical (unpaired) electrons. The first-order valence-electron chi connectivity index (χ1n) is 9.06. The zero-order valence-electron chi connectivity index (χ0n) is 16.9. The van der Waals surface area contributed by atoms with Gasteiger partial charge in [0.15, 0.2) is 5.71 Å². The highest BCUT2D eigenvalue weighted by Gasteiger charge is 2.16. The van der Waals surface area contributed by atoms with E-state index in [9.17, 15) is 13.2 Å². The second-order valence-electron chi connectivity index (χ2n) is 6.80. The van der Waals surface area contributed by atoms with Gasteiger partial charge in [0.25, 0.3) is 10.1 Å². The van der Waals surface area contributed by atoms with Gasteiger partial charge >= 0.3 is 0 Å². The Kier molecular flexibility index (Phi) is 7.63. The summed E-state index contributed by atoms with van der Waals surface area (Å²) in [6.07, 6.45) is 0. The Morgan fingerprint density at radius 3 is 1.43 bits per heavy atom. The van der Waals surface area contributed by atoms with Crippen LogP contribution in [0.15, 0.2) is 82.8 Å². The average Bonchev–Trinajstić information content (AvgIpc) is 2.70. The minimum atomic E-state index is -4.02. The maximum absolute atomic E-state index is 12.3. The van der Waals surface area contributed by atoms with Crippen LogP contribution in [0.25, 0.3) is 0 Å². The van der Waals surface area contributed by atoms with Gasteiger partial charge in [0.05, 0.1) is 4.90 Å². The molecule has 0 aliphatic rings. The molecule has 2 N–H and O–H groups in total. The van der Waals surface area contributed by atoms with E-state index in [1.807, 2.05) is 45.0 Å². The predicted octanol–water partition coefficient (Wildman–Crippen LogP) is 4.61. The topological polar surface area (TPSA) is 104 Å². The van der Waals surface area contributed by atoms with Crippen molar-refractivity contribution in [2.45, 2.75) is 25.7 Å². The molecule has 156 valence electrons. The molecule has 0 unspecified atom stereocenters. The number of ketones is 1. The quantitative estimate of drug-likeness (QED) is 0.209. The zero-order chi connectivity index (χ0) is 22.3. The Hall–Kier alpha value is -3.29. The maximum atomic E-state index is 12.3. The highest BCUT2D eigenvalue weighted by atomic mass is 32.2. The second-order valence-corrected chi connectivity index (χ2v) is 8.22. The predicted molar refractivity (Wildman–Crippen MR) is 116 cm³/mol. The van der Waals surface area contributed by atoms with Gasteiger partial charge in [0.2, 0.25) is 5.78 Å². The highest BCUT2D eigenvalue weighted by molar-refractivity contribution is 7.85. The lowest BCUT2D eigenvalue weighted by atomic mass is 9.99. The Balaban J connectivity index is 0.000000248. The number of carbonyl (C=O) groups excluding carboxylic acids is 1. The third-order valence-electron chi connectivity index (χ3n) is 4.27. The summed E-state index contributed by atoms with van der Waals surface area (Å²) in [7, 11) is -4.02. The Bertz CT molecular complexity index is 1130. The van der Waals surface area contributed by atoms with Crippen molar-refractivity contribution in [2.75, 3.05) is 0 Å². The van der Waals surface area contributed by atoms with Crippen LogP contribution >= 0.6 is 0 Å². The fourth-order valence-electron chi connectivity index (χ4n) is 2.50. The van der Waals surface area contributed by atoms with Crippen LogP contribution in [-0.4, -0.2) is 29.7 Å². The molecule has 3 rings (SSSR count). The molecule has 6 nitrogen and oxygen atoms in total. The number of benzene rings is 3. The van der Waals surface area contributed by atoms with Gasteiger partial charge < -0.3 is 5.21 Å². The minimum Gasteiger partial charge on any atom is -0.410 e. The summed E-state index contributed by atoms with van der Waals surface area (Å²) in [5.74, 6) is -0.286. The number of nitrogens with zero attached hydrogens (tertiary/aromatic N) is 1. The van der Waals surface area contributed by atoms with Gasteiger partial charge in [-0.2, -0.15) is 8.42 Å². The van der Waals surface area contributed by atoms with E-state index < -0.39 is 10.1 Å². The molecule has 30 heavy (non-hydrogen) atoms. The molecule has 0 fully saturated rings. The van der Waals surface area contributed by atoms with Crippen molar-refractivity contribution in [1.29, 1.82) is 0 Å². The van der Waals surface area contributed by atoms with Crippen LogP contribution in [-0.2, 0) is 10.1 Å². The summed E-state index contributed by atoms with van der Waals surface area (Å²) < 4.78 is 29.6. The van der Waals surface area contributed by atoms with Gasteiger partial charge in [0, 0.05) is 11.1 Å². The summed E-state index contributed by atoms with van der Waals surface area (Å²) in [5.41, 5.74) is 4.30. The molecule has 0 saturated carbocycles. The molecule has 0 aliphatic heterocycles. The molecule has 0 atom stereocenters. The van der Waals surface area contributed by atoms with Crippen molar-refractivity contribution in [2.24, 2.45) is 5.16 Å². The van der Waals surface area contributed by atoms with E-state index in [2.05, 4.69) is 5.16 Å². The van der Waals surface area contributed by atoms with Crippen LogP contribution in [0.1, 0.15) is 32.6 Å². The molecule has 0 spiro atoms. The fraction of sp³-hybridized carbons (Fsp3) is 0.130. The van der Waals surface area contributed by atoms with Crippen LogP contribution in [0.4, 0.5) is 0 Å². The first-order valence-corrected chi connectivity index (χ1v) is 10.5. The van der Waals surface area contributed by atoms with E-state index in [0.29, 0.717) is 11.1 Å². The number of hydrogen-bond acceptors (Lipinski definition) is 5. The smallest absolute Gasteiger partial charge is 0.294 e. The van der Waals surface area contributed by atoms with Gasteiger partial charge in [0.1, 0.15) is 0 Å². The van der Waals surface area contributed by atoms with E-state index in [-0.39, 0.29) is 16.4 Å². The third-order valence-corrected chi connectivity index (χ3v) is 5.14. The molecule has 0 bridgehead atoms. The van der Waals surface area contributed by atoms with Crippen LogP contribution in [0, 0.1) is 20.8 Å². The summed E-state index contributed by atoms with van der Waals surface area (Å²) >= 11 is 0. The van der Waals surface area contributed by atoms with Crippen molar-refractivity contribution in [3.8, 4) is 0 Å². The zero-order valence-corrected chi connectivity index (χ0v) is 17.7. The first kappa shape index (κ1) is 23.0. The van der Waals surface area contributed by atoms with Crippen molar-refractivity contribution >= 4 is 21.6 Å². The molecule has 0 saturated heterocycles. The van der Waals surface area contributed by atoms with E-state index in [1.54, 1.807) is 36.4 Å². The molecular formula is C23H23NO5S. The van der Waals surface area contributed by atoms with Gasteiger partial charge in [-0.3, -0.25) is 9.35 Å². The van der Waals surface area contributed by atoms with Crippen LogP contribution < -0.4 is 0 Å². The Morgan fingerprint density at radius 1 is 0.700 bits per heavy atom. The van der Waals surface area contributed by atoms with Crippen LogP contribution in [0.3, 0.4) is 0 Å². The summed E-state index contributed by atoms with van der Waals surface area (Å²) in [6, 6.07) is 20.5. The monoisotopic (exact) mass is 425 g/mol. The third kappa shape index (κ3) is 6.37. The molecule has 7 heteroatoms. The van der Waals surface area contributed by atoms with Gasteiger partial charge in [-0.15, -0.1) is 0 Å². The van der Waals surface area contributed by atoms with Gasteiger partial charge in [-0.25, -0.2) is 0 Å². The molecule has 0 aromatic heterocycles. The van der Waals surface area contributed by atoms with Crippen LogP contribution in [0.2, 0.25) is 0 Å². The molecule has 3 aromatic rings. The standard InChI is InChI=1S/C16H15NO2.C7H8O3S/c1-11-3-7-13(8-4-11)15(17-19)16(18)14-9-5-12(2)6-10-14;1-6-2-4-7(5-3-6)11(8,9)10/h3-10,19H,1-2H3;2-5H,1H3,(H,8,9,10). The Labute approximate surface area is 176 Å². The lowest BCUT2D eigenvalue weighted by Gasteiger charge is -2.05. The summed E-state index contributed by atoms with van der Waals surface area (Å²) in [5, 5.41) is 12.3. The fourth-order valence-corrected chi connectivity index (χ4v) is 2.98. The van der Waals surface area contributed by atoms with Crippen molar-refractivity contribution in [3.05, 3.63) is 101 Å². The molecule has 3 aromatic carbocycles. The van der Waals surface area contributed by atoms with Crippen molar-refractivity contribution in [1.82, 2.24) is 0 Å². The van der Waals surface area contributed by atoms with Crippen molar-refractivity contribution < 1.29 is 23.0 Å². The lowest BCUT2D eigenvalue weighted by molar-refractivity contribution is 0.106. The largest absolute Gasteiger partial charge is 0.410 e. The van der Waals surface area contributed by atoms with E-state index in [0.717, 1.165) is 16.7 Å². The average molecular weight is 426 g/mol. The van der Waals surface area contributed by atoms with E-state index in [1.165, 1.54) is 12.1 Å². The first-order chi connectivity index (χ1) is 14.1. The highest BCUT2D eigenvalue weighted by Crippen LogP contribution is 2.11. The Morgan fingerprint density at radius 2 is 1.07 bits per heavy atom. The minimum absolute atomic E-state index is 0.0591. The number of Topliss-reactive ketones (excluding diaryl/α,β-unsaturated/α-hetero) is 1. The molecule has 0 heterocycles. The van der Waals surface area contributed by atoms with Crippen LogP contribution in [0.5, 0.6) is 0 Å². The maximum Gasteiger partial charge on any atom is 0.294 e. The number of rotatable bonds is 4. The number of aryl methyl sites for hydroxylation is 3. The number of hydrogen-bond donors (Lipinski definition) is 2. The van der Waals surface area contributed by atoms with Gasteiger partial charge in [-0.1, -0.05) is 82.5 Å². The summed E-state index contributed by atoms with van der Waals surface area (Å²) in [4.78, 5) is 12.2. The second kappa shape index (κ2) is 9.96. The molecule has 0 aliphatic carbocycles. The normalized spacial score (nSPS) is 11.4. The van der Waals surface area contributed by atoms with Gasteiger partial charge in [-0.05, 0) is 32.9 Å². The van der Waals surface area contributed by atoms with E-state index >= 15 is 0 Å². The van der Waals surface area contributed by atoms with E-state index in [4.69, 9.17) is 9.76 Å². The molecule has 0 amide bonds. The number of carbonyl (C=O) groups is 1.